The third kappa shape index (κ3) is 3.70. The quantitative estimate of drug-likeness (QED) is 0.885. The zero-order chi connectivity index (χ0) is 17.1. The van der Waals surface area contributed by atoms with Crippen molar-refractivity contribution < 1.29 is 14.3 Å². The Labute approximate surface area is 142 Å². The minimum absolute atomic E-state index is 0.0504. The molecule has 6 nitrogen and oxygen atoms in total. The third-order valence-electron chi connectivity index (χ3n) is 4.83. The van der Waals surface area contributed by atoms with Gasteiger partial charge in [-0.25, -0.2) is 4.79 Å². The van der Waals surface area contributed by atoms with Crippen LogP contribution in [0.3, 0.4) is 0 Å². The summed E-state index contributed by atoms with van der Waals surface area (Å²) in [5, 5.41) is 5.58. The second-order valence-corrected chi connectivity index (χ2v) is 6.59. The lowest BCUT2D eigenvalue weighted by Crippen LogP contribution is -2.47. The van der Waals surface area contributed by atoms with Crippen molar-refractivity contribution >= 4 is 17.6 Å². The predicted octanol–water partition coefficient (Wildman–Crippen LogP) is 1.89. The van der Waals surface area contributed by atoms with Gasteiger partial charge in [0.25, 0.3) is 0 Å². The molecule has 2 N–H and O–H groups in total. The Hall–Kier alpha value is -2.08. The number of amides is 3. The van der Waals surface area contributed by atoms with Crippen LogP contribution in [0.4, 0.5) is 10.5 Å². The zero-order valence-corrected chi connectivity index (χ0v) is 14.3. The van der Waals surface area contributed by atoms with Crippen LogP contribution in [0.25, 0.3) is 0 Å². The van der Waals surface area contributed by atoms with Crippen LogP contribution in [0.15, 0.2) is 18.2 Å². The van der Waals surface area contributed by atoms with Gasteiger partial charge in [0.2, 0.25) is 5.91 Å². The van der Waals surface area contributed by atoms with Crippen molar-refractivity contribution in [1.29, 1.82) is 0 Å². The Morgan fingerprint density at radius 3 is 2.83 bits per heavy atom. The molecule has 0 saturated carbocycles. The first-order valence-electron chi connectivity index (χ1n) is 8.59. The molecule has 1 aromatic carbocycles. The van der Waals surface area contributed by atoms with E-state index in [2.05, 4.69) is 10.6 Å². The van der Waals surface area contributed by atoms with Gasteiger partial charge in [-0.1, -0.05) is 6.07 Å². The number of carbonyl (C=O) groups is 2. The predicted molar refractivity (Wildman–Crippen MR) is 92.2 cm³/mol. The normalized spacial score (nSPS) is 23.6. The van der Waals surface area contributed by atoms with Gasteiger partial charge < -0.3 is 20.3 Å². The van der Waals surface area contributed by atoms with Crippen LogP contribution in [0.2, 0.25) is 0 Å². The highest BCUT2D eigenvalue weighted by molar-refractivity contribution is 6.01. The highest BCUT2D eigenvalue weighted by atomic mass is 16.5. The molecule has 2 aliphatic rings. The largest absolute Gasteiger partial charge is 0.376 e. The Bertz CT molecular complexity index is 626. The molecular weight excluding hydrogens is 306 g/mol. The van der Waals surface area contributed by atoms with Crippen molar-refractivity contribution in [2.75, 3.05) is 24.6 Å². The smallest absolute Gasteiger partial charge is 0.315 e. The molecule has 6 heteroatoms. The second-order valence-electron chi connectivity index (χ2n) is 6.59. The number of nitrogens with zero attached hydrogens (tertiary/aromatic N) is 1. The van der Waals surface area contributed by atoms with E-state index >= 15 is 0 Å². The molecule has 0 radical (unpaired) electrons. The van der Waals surface area contributed by atoms with Crippen LogP contribution in [-0.4, -0.2) is 43.8 Å². The minimum Gasteiger partial charge on any atom is -0.376 e. The molecule has 0 aromatic heterocycles. The summed E-state index contributed by atoms with van der Waals surface area (Å²) in [6, 6.07) is 5.24. The molecule has 2 heterocycles. The molecule has 3 amide bonds. The van der Waals surface area contributed by atoms with E-state index in [-0.39, 0.29) is 18.0 Å². The lowest BCUT2D eigenvalue weighted by molar-refractivity contribution is -0.118. The van der Waals surface area contributed by atoms with Gasteiger partial charge in [0, 0.05) is 25.4 Å². The highest BCUT2D eigenvalue weighted by Crippen LogP contribution is 2.24. The fourth-order valence-corrected chi connectivity index (χ4v) is 3.18. The second kappa shape index (κ2) is 7.21. The average molecular weight is 331 g/mol. The Morgan fingerprint density at radius 2 is 2.12 bits per heavy atom. The van der Waals surface area contributed by atoms with Gasteiger partial charge in [-0.15, -0.1) is 0 Å². The number of ether oxygens (including phenoxy) is 1. The number of anilines is 1. The number of carbonyl (C=O) groups excluding carboxylic acids is 2. The van der Waals surface area contributed by atoms with E-state index in [1.54, 1.807) is 4.90 Å². The first-order valence-corrected chi connectivity index (χ1v) is 8.59. The van der Waals surface area contributed by atoms with Crippen LogP contribution in [0.1, 0.15) is 30.4 Å². The van der Waals surface area contributed by atoms with Crippen LogP contribution < -0.4 is 15.5 Å². The number of benzene rings is 1. The van der Waals surface area contributed by atoms with Crippen molar-refractivity contribution in [3.63, 3.8) is 0 Å². The first kappa shape index (κ1) is 16.8. The van der Waals surface area contributed by atoms with Crippen molar-refractivity contribution in [3.8, 4) is 0 Å². The van der Waals surface area contributed by atoms with Crippen molar-refractivity contribution in [1.82, 2.24) is 10.6 Å². The molecule has 130 valence electrons. The van der Waals surface area contributed by atoms with Gasteiger partial charge in [-0.2, -0.15) is 0 Å². The molecule has 24 heavy (non-hydrogen) atoms. The number of hydrogen-bond donors (Lipinski definition) is 2. The lowest BCUT2D eigenvalue weighted by atomic mass is 10.1. The molecule has 2 aliphatic heterocycles. The van der Waals surface area contributed by atoms with Crippen molar-refractivity contribution in [3.05, 3.63) is 29.3 Å². The summed E-state index contributed by atoms with van der Waals surface area (Å²) >= 11 is 0. The van der Waals surface area contributed by atoms with Crippen molar-refractivity contribution in [2.24, 2.45) is 0 Å². The SMILES string of the molecule is Cc1ccc(N2CC[C@@H](NC(=O)NC[C@H]3CCCO3)C2=O)cc1C. The summed E-state index contributed by atoms with van der Waals surface area (Å²) in [6.07, 6.45) is 2.74. The lowest BCUT2D eigenvalue weighted by Gasteiger charge is -2.19. The van der Waals surface area contributed by atoms with Crippen LogP contribution in [0.5, 0.6) is 0 Å². The molecular formula is C18H25N3O3. The van der Waals surface area contributed by atoms with Crippen LogP contribution in [-0.2, 0) is 9.53 Å². The standard InChI is InChI=1S/C18H25N3O3/c1-12-5-6-14(10-13(12)2)21-8-7-16(17(21)22)20-18(23)19-11-15-4-3-9-24-15/h5-6,10,15-16H,3-4,7-9,11H2,1-2H3,(H2,19,20,23)/t15-,16-/m1/s1. The molecule has 0 spiro atoms. The third-order valence-corrected chi connectivity index (χ3v) is 4.83. The zero-order valence-electron chi connectivity index (χ0n) is 14.3. The van der Waals surface area contributed by atoms with E-state index in [1.807, 2.05) is 32.0 Å². The van der Waals surface area contributed by atoms with Gasteiger partial charge >= 0.3 is 6.03 Å². The molecule has 2 fully saturated rings. The molecule has 0 bridgehead atoms. The fourth-order valence-electron chi connectivity index (χ4n) is 3.18. The number of hydrogen-bond acceptors (Lipinski definition) is 3. The maximum absolute atomic E-state index is 12.6. The van der Waals surface area contributed by atoms with Crippen molar-refractivity contribution in [2.45, 2.75) is 45.3 Å². The average Bonchev–Trinajstić information content (AvgIpc) is 3.19. The van der Waals surface area contributed by atoms with Gasteiger partial charge in [0.1, 0.15) is 6.04 Å². The van der Waals surface area contributed by atoms with Crippen LogP contribution >= 0.6 is 0 Å². The Morgan fingerprint density at radius 1 is 1.29 bits per heavy atom. The van der Waals surface area contributed by atoms with E-state index in [0.29, 0.717) is 19.5 Å². The molecule has 0 aliphatic carbocycles. The maximum Gasteiger partial charge on any atom is 0.315 e. The molecule has 2 saturated heterocycles. The van der Waals surface area contributed by atoms with Gasteiger partial charge in [0.15, 0.2) is 0 Å². The molecule has 1 aromatic rings. The van der Waals surface area contributed by atoms with E-state index in [0.717, 1.165) is 30.7 Å². The van der Waals surface area contributed by atoms with Gasteiger partial charge in [0.05, 0.1) is 6.10 Å². The highest BCUT2D eigenvalue weighted by Gasteiger charge is 2.33. The summed E-state index contributed by atoms with van der Waals surface area (Å²) in [5.74, 6) is -0.0504. The monoisotopic (exact) mass is 331 g/mol. The minimum atomic E-state index is -0.462. The Kier molecular flexibility index (Phi) is 5.04. The summed E-state index contributed by atoms with van der Waals surface area (Å²) < 4.78 is 5.47. The summed E-state index contributed by atoms with van der Waals surface area (Å²) in [6.45, 7) is 5.97. The van der Waals surface area contributed by atoms with Gasteiger partial charge in [-0.05, 0) is 56.4 Å². The summed E-state index contributed by atoms with van der Waals surface area (Å²) in [4.78, 5) is 26.3. The van der Waals surface area contributed by atoms with E-state index in [4.69, 9.17) is 4.74 Å². The van der Waals surface area contributed by atoms with Crippen LogP contribution in [0, 0.1) is 13.8 Å². The Balaban J connectivity index is 1.53. The topological polar surface area (TPSA) is 70.7 Å². The van der Waals surface area contributed by atoms with E-state index < -0.39 is 6.04 Å². The molecule has 2 atom stereocenters. The molecule has 3 rings (SSSR count). The van der Waals surface area contributed by atoms with E-state index in [1.165, 1.54) is 5.56 Å². The van der Waals surface area contributed by atoms with Gasteiger partial charge in [-0.3, -0.25) is 4.79 Å². The number of aryl methyl sites for hydroxylation is 2. The number of urea groups is 1. The number of nitrogens with one attached hydrogen (secondary N) is 2. The maximum atomic E-state index is 12.6. The molecule has 0 unspecified atom stereocenters. The fraction of sp³-hybridized carbons (Fsp3) is 0.556. The summed E-state index contributed by atoms with van der Waals surface area (Å²) in [7, 11) is 0. The summed E-state index contributed by atoms with van der Waals surface area (Å²) in [5.41, 5.74) is 3.26. The number of rotatable bonds is 4. The van der Waals surface area contributed by atoms with E-state index in [9.17, 15) is 9.59 Å². The first-order chi connectivity index (χ1) is 11.5.